The van der Waals surface area contributed by atoms with Gasteiger partial charge in [0.05, 0.1) is 13.2 Å². The number of aliphatic hydroxyl groups is 1. The lowest BCUT2D eigenvalue weighted by Crippen LogP contribution is -2.18. The Balaban J connectivity index is 1.62. The smallest absolute Gasteiger partial charge is 0.232 e. The molecular formula is C23H28N2O4. The molecule has 0 saturated carbocycles. The summed E-state index contributed by atoms with van der Waals surface area (Å²) in [6, 6.07) is 16.2. The van der Waals surface area contributed by atoms with Crippen LogP contribution >= 0.6 is 0 Å². The van der Waals surface area contributed by atoms with Crippen molar-refractivity contribution < 1.29 is 19.0 Å². The summed E-state index contributed by atoms with van der Waals surface area (Å²) >= 11 is 0. The molecule has 1 heterocycles. The molecule has 0 unspecified atom stereocenters. The maximum Gasteiger partial charge on any atom is 0.232 e. The van der Waals surface area contributed by atoms with Crippen molar-refractivity contribution in [1.29, 1.82) is 0 Å². The predicted octanol–water partition coefficient (Wildman–Crippen LogP) is 3.80. The van der Waals surface area contributed by atoms with Crippen molar-refractivity contribution in [3.05, 3.63) is 77.5 Å². The molecule has 6 heteroatoms. The van der Waals surface area contributed by atoms with Crippen LogP contribution in [-0.4, -0.2) is 23.2 Å². The van der Waals surface area contributed by atoms with Gasteiger partial charge in [0, 0.05) is 5.41 Å². The van der Waals surface area contributed by atoms with Crippen molar-refractivity contribution in [2.45, 2.75) is 38.9 Å². The summed E-state index contributed by atoms with van der Waals surface area (Å²) in [5.41, 5.74) is 8.22. The van der Waals surface area contributed by atoms with Gasteiger partial charge in [-0.2, -0.15) is 0 Å². The van der Waals surface area contributed by atoms with Gasteiger partial charge in [0.15, 0.2) is 6.61 Å². The van der Waals surface area contributed by atoms with E-state index in [4.69, 9.17) is 24.7 Å². The first-order valence-corrected chi connectivity index (χ1v) is 9.74. The molecule has 3 N–H and O–H groups in total. The number of hydrogen-bond donors (Lipinski definition) is 2. The first-order valence-electron chi connectivity index (χ1n) is 9.74. The van der Waals surface area contributed by atoms with Crippen LogP contribution in [0.25, 0.3) is 0 Å². The highest BCUT2D eigenvalue weighted by atomic mass is 16.5. The molecule has 6 nitrogen and oxygen atoms in total. The largest absolute Gasteiger partial charge is 0.494 e. The van der Waals surface area contributed by atoms with E-state index in [2.05, 4.69) is 43.1 Å². The molecule has 3 rings (SSSR count). The maximum atomic E-state index is 9.03. The van der Waals surface area contributed by atoms with Crippen molar-refractivity contribution in [1.82, 2.24) is 4.98 Å². The number of aliphatic hydroxyl groups excluding tert-OH is 1. The monoisotopic (exact) mass is 396 g/mol. The zero-order valence-corrected chi connectivity index (χ0v) is 16.9. The number of oxazole rings is 1. The number of nitrogens with two attached hydrogens (primary N) is 1. The third-order valence-corrected chi connectivity index (χ3v) is 4.89. The van der Waals surface area contributed by atoms with Gasteiger partial charge in [-0.05, 0) is 48.4 Å². The average Bonchev–Trinajstić information content (AvgIpc) is 3.21. The van der Waals surface area contributed by atoms with E-state index in [9.17, 15) is 0 Å². The van der Waals surface area contributed by atoms with E-state index < -0.39 is 0 Å². The third-order valence-electron chi connectivity index (χ3n) is 4.89. The molecule has 0 saturated heterocycles. The Kier molecular flexibility index (Phi) is 6.90. The van der Waals surface area contributed by atoms with Gasteiger partial charge in [0.2, 0.25) is 5.89 Å². The van der Waals surface area contributed by atoms with Crippen LogP contribution in [-0.2, 0) is 18.6 Å². The molecule has 0 fully saturated rings. The highest BCUT2D eigenvalue weighted by molar-refractivity contribution is 5.41. The molecule has 154 valence electrons. The van der Waals surface area contributed by atoms with Gasteiger partial charge in [0.1, 0.15) is 23.5 Å². The molecule has 0 aliphatic rings. The lowest BCUT2D eigenvalue weighted by atomic mass is 9.78. The van der Waals surface area contributed by atoms with Crippen LogP contribution in [0.1, 0.15) is 43.0 Å². The van der Waals surface area contributed by atoms with Crippen LogP contribution in [0.3, 0.4) is 0 Å². The molecule has 1 aromatic heterocycles. The molecule has 29 heavy (non-hydrogen) atoms. The lowest BCUT2D eigenvalue weighted by Gasteiger charge is -2.26. The molecule has 3 aromatic rings. The predicted molar refractivity (Wildman–Crippen MR) is 111 cm³/mol. The summed E-state index contributed by atoms with van der Waals surface area (Å²) in [5.74, 6) is 2.03. The number of hydrogen-bond acceptors (Lipinski definition) is 6. The second-order valence-electron chi connectivity index (χ2n) is 7.34. The highest BCUT2D eigenvalue weighted by Gasteiger charge is 2.23. The number of aromatic nitrogens is 1. The van der Waals surface area contributed by atoms with Crippen LogP contribution in [0, 0.1) is 0 Å². The minimum atomic E-state index is -0.160. The van der Waals surface area contributed by atoms with E-state index in [0.29, 0.717) is 24.7 Å². The SMILES string of the molecule is CC(C)(c1ccc(OCCCN)cc1)c1ccc(OCc2nc(CO)co2)cc1. The molecule has 0 spiro atoms. The third kappa shape index (κ3) is 5.37. The van der Waals surface area contributed by atoms with Crippen LogP contribution in [0.15, 0.2) is 59.2 Å². The van der Waals surface area contributed by atoms with Crippen molar-refractivity contribution in [3.63, 3.8) is 0 Å². The standard InChI is InChI=1S/C23H28N2O4/c1-23(2,17-4-8-20(9-5-17)27-13-3-12-24)18-6-10-21(11-7-18)28-16-22-25-19(14-26)15-29-22/h4-11,15,26H,3,12-14,16,24H2,1-2H3. The van der Waals surface area contributed by atoms with E-state index in [1.54, 1.807) is 0 Å². The molecule has 0 atom stereocenters. The minimum Gasteiger partial charge on any atom is -0.494 e. The summed E-state index contributed by atoms with van der Waals surface area (Å²) in [4.78, 5) is 4.11. The first-order chi connectivity index (χ1) is 14.0. The first kappa shape index (κ1) is 20.9. The Hall–Kier alpha value is -2.83. The number of nitrogens with zero attached hydrogens (tertiary/aromatic N) is 1. The summed E-state index contributed by atoms with van der Waals surface area (Å²) in [6.45, 7) is 5.72. The number of rotatable bonds is 10. The zero-order chi connectivity index (χ0) is 20.7. The van der Waals surface area contributed by atoms with Crippen LogP contribution in [0.2, 0.25) is 0 Å². The van der Waals surface area contributed by atoms with E-state index >= 15 is 0 Å². The van der Waals surface area contributed by atoms with E-state index in [-0.39, 0.29) is 18.6 Å². The van der Waals surface area contributed by atoms with Crippen molar-refractivity contribution in [3.8, 4) is 11.5 Å². The molecule has 0 radical (unpaired) electrons. The molecule has 0 amide bonds. The van der Waals surface area contributed by atoms with Crippen LogP contribution in [0.4, 0.5) is 0 Å². The molecule has 0 aliphatic heterocycles. The fourth-order valence-corrected chi connectivity index (χ4v) is 3.01. The van der Waals surface area contributed by atoms with Gasteiger partial charge >= 0.3 is 0 Å². The molecule has 0 bridgehead atoms. The topological polar surface area (TPSA) is 90.7 Å². The molecular weight excluding hydrogens is 368 g/mol. The van der Waals surface area contributed by atoms with Gasteiger partial charge < -0.3 is 24.7 Å². The average molecular weight is 396 g/mol. The quantitative estimate of drug-likeness (QED) is 0.507. The number of benzene rings is 2. The maximum absolute atomic E-state index is 9.03. The highest BCUT2D eigenvalue weighted by Crippen LogP contribution is 2.33. The Morgan fingerprint density at radius 1 is 0.966 bits per heavy atom. The van der Waals surface area contributed by atoms with E-state index in [1.165, 1.54) is 17.4 Å². The fraction of sp³-hybridized carbons (Fsp3) is 0.348. The van der Waals surface area contributed by atoms with Gasteiger partial charge in [0.25, 0.3) is 0 Å². The van der Waals surface area contributed by atoms with Crippen molar-refractivity contribution in [2.24, 2.45) is 5.73 Å². The zero-order valence-electron chi connectivity index (χ0n) is 16.9. The second-order valence-corrected chi connectivity index (χ2v) is 7.34. The summed E-state index contributed by atoms with van der Waals surface area (Å²) < 4.78 is 16.6. The van der Waals surface area contributed by atoms with Gasteiger partial charge in [-0.15, -0.1) is 0 Å². The second kappa shape index (κ2) is 9.58. The van der Waals surface area contributed by atoms with Gasteiger partial charge in [-0.1, -0.05) is 38.1 Å². The Morgan fingerprint density at radius 2 is 1.55 bits per heavy atom. The van der Waals surface area contributed by atoms with Crippen molar-refractivity contribution >= 4 is 0 Å². The fourth-order valence-electron chi connectivity index (χ4n) is 3.01. The summed E-state index contributed by atoms with van der Waals surface area (Å²) in [6.07, 6.45) is 2.28. The van der Waals surface area contributed by atoms with Gasteiger partial charge in [-0.3, -0.25) is 0 Å². The van der Waals surface area contributed by atoms with E-state index in [0.717, 1.165) is 17.9 Å². The lowest BCUT2D eigenvalue weighted by molar-refractivity contribution is 0.262. The van der Waals surface area contributed by atoms with Crippen molar-refractivity contribution in [2.75, 3.05) is 13.2 Å². The van der Waals surface area contributed by atoms with Crippen LogP contribution < -0.4 is 15.2 Å². The Morgan fingerprint density at radius 3 is 2.07 bits per heavy atom. The van der Waals surface area contributed by atoms with Crippen LogP contribution in [0.5, 0.6) is 11.5 Å². The van der Waals surface area contributed by atoms with E-state index in [1.807, 2.05) is 24.3 Å². The molecule has 2 aromatic carbocycles. The Labute approximate surface area is 171 Å². The summed E-state index contributed by atoms with van der Waals surface area (Å²) in [7, 11) is 0. The Bertz CT molecular complexity index is 886. The number of ether oxygens (including phenoxy) is 2. The minimum absolute atomic E-state index is 0.145. The summed E-state index contributed by atoms with van der Waals surface area (Å²) in [5, 5.41) is 9.03. The normalized spacial score (nSPS) is 11.4. The molecule has 0 aliphatic carbocycles. The van der Waals surface area contributed by atoms with Gasteiger partial charge in [-0.25, -0.2) is 4.98 Å².